The van der Waals surface area contributed by atoms with E-state index in [4.69, 9.17) is 0 Å². The van der Waals surface area contributed by atoms with Gasteiger partial charge in [-0.1, -0.05) is 49.8 Å². The van der Waals surface area contributed by atoms with E-state index >= 15 is 0 Å². The Kier molecular flexibility index (Phi) is 6.75. The number of esters is 1. The highest BCUT2D eigenvalue weighted by Gasteiger charge is 2.34. The van der Waals surface area contributed by atoms with Gasteiger partial charge in [0.05, 0.1) is 0 Å². The number of hydrogen-bond acceptors (Lipinski definition) is 4. The van der Waals surface area contributed by atoms with E-state index in [0.717, 1.165) is 0 Å². The molecule has 0 radical (unpaired) electrons. The molecule has 1 unspecified atom stereocenters. The Morgan fingerprint density at radius 2 is 1.81 bits per heavy atom. The van der Waals surface area contributed by atoms with Crippen molar-refractivity contribution in [1.29, 1.82) is 0 Å². The van der Waals surface area contributed by atoms with Crippen molar-refractivity contribution in [2.75, 3.05) is 11.9 Å². The molecule has 0 spiro atoms. The van der Waals surface area contributed by atoms with Crippen molar-refractivity contribution in [3.8, 4) is 0 Å². The van der Waals surface area contributed by atoms with Crippen LogP contribution in [0.5, 0.6) is 0 Å². The van der Waals surface area contributed by atoms with Crippen molar-refractivity contribution in [2.24, 2.45) is 0 Å². The summed E-state index contributed by atoms with van der Waals surface area (Å²) in [5, 5.41) is -3.34. The van der Waals surface area contributed by atoms with Gasteiger partial charge in [0, 0.05) is 16.0 Å². The number of halogens is 6. The van der Waals surface area contributed by atoms with Crippen LogP contribution in [0.2, 0.25) is 0 Å². The lowest BCUT2D eigenvalue weighted by Gasteiger charge is -2.21. The lowest BCUT2D eigenvalue weighted by atomic mass is 10.2. The molecule has 0 aromatic rings. The summed E-state index contributed by atoms with van der Waals surface area (Å²) >= 11 is 5.92. The SMILES string of the molecule is CC(Br)(CBr)C(=O)OCC(N(F)F)N(F)F. The van der Waals surface area contributed by atoms with E-state index in [1.807, 2.05) is 0 Å². The van der Waals surface area contributed by atoms with E-state index in [9.17, 15) is 22.7 Å². The van der Waals surface area contributed by atoms with Crippen molar-refractivity contribution < 1.29 is 27.5 Å². The summed E-state index contributed by atoms with van der Waals surface area (Å²) in [5.41, 5.74) is 0. The van der Waals surface area contributed by atoms with E-state index in [2.05, 4.69) is 36.6 Å². The van der Waals surface area contributed by atoms with Crippen molar-refractivity contribution in [3.05, 3.63) is 0 Å². The van der Waals surface area contributed by atoms with Gasteiger partial charge in [0.25, 0.3) is 0 Å². The van der Waals surface area contributed by atoms with E-state index in [-0.39, 0.29) is 5.33 Å². The summed E-state index contributed by atoms with van der Waals surface area (Å²) in [6, 6.07) is 0. The minimum Gasteiger partial charge on any atom is -0.461 e. The molecule has 0 fully saturated rings. The van der Waals surface area contributed by atoms with Crippen LogP contribution < -0.4 is 0 Å². The van der Waals surface area contributed by atoms with E-state index in [0.29, 0.717) is 0 Å². The second kappa shape index (κ2) is 6.72. The first-order chi connectivity index (χ1) is 7.22. The minimum atomic E-state index is -2.58. The second-order valence-corrected chi connectivity index (χ2v) is 5.24. The second-order valence-electron chi connectivity index (χ2n) is 2.93. The topological polar surface area (TPSA) is 32.8 Å². The largest absolute Gasteiger partial charge is 0.461 e. The first kappa shape index (κ1) is 16.1. The van der Waals surface area contributed by atoms with Gasteiger partial charge >= 0.3 is 5.97 Å². The molecule has 0 bridgehead atoms. The molecule has 0 saturated carbocycles. The molecule has 0 amide bonds. The van der Waals surface area contributed by atoms with Gasteiger partial charge in [-0.2, -0.15) is 0 Å². The van der Waals surface area contributed by atoms with Crippen LogP contribution in [0.3, 0.4) is 0 Å². The third-order valence-electron chi connectivity index (χ3n) is 1.49. The Labute approximate surface area is 105 Å². The number of ether oxygens (including phenoxy) is 1. The molecular weight excluding hydrogens is 368 g/mol. The number of alkyl halides is 2. The molecule has 1 atom stereocenters. The molecule has 0 aliphatic carbocycles. The van der Waals surface area contributed by atoms with Gasteiger partial charge in [-0.3, -0.25) is 4.79 Å². The average molecular weight is 376 g/mol. The Bertz CT molecular complexity index is 235. The highest BCUT2D eigenvalue weighted by molar-refractivity contribution is 9.12. The van der Waals surface area contributed by atoms with Gasteiger partial charge in [-0.25, -0.2) is 0 Å². The fraction of sp³-hybridized carbons (Fsp3) is 0.833. The number of hydrogen-bond donors (Lipinski definition) is 0. The summed E-state index contributed by atoms with van der Waals surface area (Å²) in [7, 11) is 0. The maximum atomic E-state index is 11.9. The molecule has 0 N–H and O–H groups in total. The van der Waals surface area contributed by atoms with Gasteiger partial charge < -0.3 is 4.74 Å². The molecule has 16 heavy (non-hydrogen) atoms. The Morgan fingerprint density at radius 1 is 1.38 bits per heavy atom. The first-order valence-corrected chi connectivity index (χ1v) is 5.77. The summed E-state index contributed by atoms with van der Waals surface area (Å²) in [6.45, 7) is 0.261. The van der Waals surface area contributed by atoms with Crippen molar-refractivity contribution in [1.82, 2.24) is 10.7 Å². The fourth-order valence-electron chi connectivity index (χ4n) is 0.534. The fourth-order valence-corrected chi connectivity index (χ4v) is 0.877. The summed E-state index contributed by atoms with van der Waals surface area (Å²) < 4.78 is 50.7. The standard InChI is InChI=1S/C6H8Br2F4N2O2/c1-6(8,3-7)5(15)16-2-4(13(9)10)14(11)12/h4H,2-3H2,1H3. The molecule has 4 nitrogen and oxygen atoms in total. The lowest BCUT2D eigenvalue weighted by molar-refractivity contribution is -0.324. The Hall–Kier alpha value is 0.0700. The number of carbonyl (C=O) groups is 1. The summed E-state index contributed by atoms with van der Waals surface area (Å²) in [5.74, 6) is -0.918. The Balaban J connectivity index is 4.27. The van der Waals surface area contributed by atoms with Crippen LogP contribution in [0.1, 0.15) is 6.92 Å². The van der Waals surface area contributed by atoms with E-state index in [1.54, 1.807) is 0 Å². The third kappa shape index (κ3) is 4.93. The predicted octanol–water partition coefficient (Wildman–Crippen LogP) is 2.55. The van der Waals surface area contributed by atoms with Crippen molar-refractivity contribution in [3.63, 3.8) is 0 Å². The maximum absolute atomic E-state index is 11.9. The lowest BCUT2D eigenvalue weighted by Crippen LogP contribution is -2.40. The average Bonchev–Trinajstić information content (AvgIpc) is 2.16. The van der Waals surface area contributed by atoms with Crippen LogP contribution in [-0.2, 0) is 9.53 Å². The van der Waals surface area contributed by atoms with Crippen LogP contribution in [0, 0.1) is 0 Å². The molecule has 0 aromatic carbocycles. The number of rotatable bonds is 6. The predicted molar refractivity (Wildman–Crippen MR) is 54.0 cm³/mol. The minimum absolute atomic E-state index is 0.146. The van der Waals surface area contributed by atoms with Crippen LogP contribution >= 0.6 is 31.9 Å². The highest BCUT2D eigenvalue weighted by Crippen LogP contribution is 2.22. The highest BCUT2D eigenvalue weighted by atomic mass is 79.9. The van der Waals surface area contributed by atoms with Gasteiger partial charge in [0.2, 0.25) is 6.17 Å². The normalized spacial score (nSPS) is 15.6. The summed E-state index contributed by atoms with van der Waals surface area (Å²) in [6.07, 6.45) is -2.58. The molecule has 0 aliphatic rings. The van der Waals surface area contributed by atoms with Gasteiger partial charge in [0.15, 0.2) is 0 Å². The molecule has 0 heterocycles. The maximum Gasteiger partial charge on any atom is 0.323 e. The zero-order valence-electron chi connectivity index (χ0n) is 7.97. The van der Waals surface area contributed by atoms with Gasteiger partial charge in [-0.05, 0) is 6.92 Å². The molecular formula is C6H8Br2F4N2O2. The summed E-state index contributed by atoms with van der Waals surface area (Å²) in [4.78, 5) is 11.2. The van der Waals surface area contributed by atoms with Crippen molar-refractivity contribution in [2.45, 2.75) is 17.4 Å². The van der Waals surface area contributed by atoms with Crippen molar-refractivity contribution >= 4 is 37.8 Å². The van der Waals surface area contributed by atoms with Crippen LogP contribution in [-0.4, -0.2) is 39.1 Å². The van der Waals surface area contributed by atoms with Gasteiger partial charge in [-0.15, -0.1) is 0 Å². The quantitative estimate of drug-likeness (QED) is 0.235. The number of nitrogens with zero attached hydrogens (tertiary/aromatic N) is 2. The molecule has 0 saturated heterocycles. The molecule has 96 valence electrons. The molecule has 0 rings (SSSR count). The Morgan fingerprint density at radius 3 is 2.12 bits per heavy atom. The molecule has 0 aromatic heterocycles. The third-order valence-corrected chi connectivity index (χ3v) is 3.97. The first-order valence-electron chi connectivity index (χ1n) is 3.86. The van der Waals surface area contributed by atoms with E-state index < -0.39 is 33.8 Å². The monoisotopic (exact) mass is 374 g/mol. The number of carbonyl (C=O) groups excluding carboxylic acids is 1. The molecule has 0 aliphatic heterocycles. The van der Waals surface area contributed by atoms with Crippen LogP contribution in [0.25, 0.3) is 0 Å². The zero-order chi connectivity index (χ0) is 12.9. The molecule has 10 heteroatoms. The van der Waals surface area contributed by atoms with Crippen LogP contribution in [0.15, 0.2) is 0 Å². The zero-order valence-corrected chi connectivity index (χ0v) is 11.1. The van der Waals surface area contributed by atoms with Crippen LogP contribution in [0.4, 0.5) is 17.9 Å². The van der Waals surface area contributed by atoms with E-state index in [1.165, 1.54) is 6.92 Å². The van der Waals surface area contributed by atoms with Gasteiger partial charge in [0.1, 0.15) is 10.9 Å². The smallest absolute Gasteiger partial charge is 0.323 e.